The number of nitrogens with one attached hydrogen (secondary N) is 1. The van der Waals surface area contributed by atoms with Crippen molar-refractivity contribution < 1.29 is 9.53 Å². The molecule has 1 saturated heterocycles. The lowest BCUT2D eigenvalue weighted by Crippen LogP contribution is -2.43. The average Bonchev–Trinajstić information content (AvgIpc) is 3.00. The minimum Gasteiger partial charge on any atom is -0.376 e. The molecule has 112 valence electrons. The van der Waals surface area contributed by atoms with Crippen molar-refractivity contribution in [2.75, 3.05) is 19.7 Å². The predicted octanol–water partition coefficient (Wildman–Crippen LogP) is 1.99. The Balaban J connectivity index is 1.71. The molecule has 6 heteroatoms. The molecule has 2 aromatic rings. The SMILES string of the molecule is CCCOC1CCCN(C(=O)c2ccc3n[nH]nc3c2)C1. The Hall–Kier alpha value is -1.95. The summed E-state index contributed by atoms with van der Waals surface area (Å²) in [6.07, 6.45) is 3.20. The van der Waals surface area contributed by atoms with Gasteiger partial charge in [-0.15, -0.1) is 0 Å². The lowest BCUT2D eigenvalue weighted by molar-refractivity contribution is 0.00212. The van der Waals surface area contributed by atoms with Gasteiger partial charge in [-0.05, 0) is 37.5 Å². The summed E-state index contributed by atoms with van der Waals surface area (Å²) in [5, 5.41) is 10.6. The summed E-state index contributed by atoms with van der Waals surface area (Å²) in [6, 6.07) is 5.42. The summed E-state index contributed by atoms with van der Waals surface area (Å²) < 4.78 is 5.78. The van der Waals surface area contributed by atoms with Gasteiger partial charge >= 0.3 is 0 Å². The molecule has 1 atom stereocenters. The molecule has 1 aliphatic rings. The topological polar surface area (TPSA) is 71.1 Å². The van der Waals surface area contributed by atoms with Crippen LogP contribution in [0, 0.1) is 0 Å². The first-order chi connectivity index (χ1) is 10.3. The molecular weight excluding hydrogens is 268 g/mol. The zero-order chi connectivity index (χ0) is 14.7. The number of H-pyrrole nitrogens is 1. The van der Waals surface area contributed by atoms with Gasteiger partial charge in [-0.25, -0.2) is 0 Å². The molecule has 0 aliphatic carbocycles. The summed E-state index contributed by atoms with van der Waals surface area (Å²) in [6.45, 7) is 4.33. The number of carbonyl (C=O) groups is 1. The minimum atomic E-state index is 0.0460. The molecule has 0 spiro atoms. The molecule has 1 amide bonds. The number of likely N-dealkylation sites (tertiary alicyclic amines) is 1. The van der Waals surface area contributed by atoms with Crippen LogP contribution in [0.4, 0.5) is 0 Å². The Labute approximate surface area is 123 Å². The molecule has 0 saturated carbocycles. The molecule has 1 aromatic heterocycles. The van der Waals surface area contributed by atoms with Crippen molar-refractivity contribution in [3.05, 3.63) is 23.8 Å². The van der Waals surface area contributed by atoms with E-state index in [1.54, 1.807) is 6.07 Å². The van der Waals surface area contributed by atoms with Crippen LogP contribution in [0.5, 0.6) is 0 Å². The summed E-state index contributed by atoms with van der Waals surface area (Å²) in [5.74, 6) is 0.0460. The van der Waals surface area contributed by atoms with Gasteiger partial charge in [-0.1, -0.05) is 6.92 Å². The second-order valence-electron chi connectivity index (χ2n) is 5.41. The van der Waals surface area contributed by atoms with Crippen LogP contribution >= 0.6 is 0 Å². The second kappa shape index (κ2) is 6.22. The van der Waals surface area contributed by atoms with Crippen LogP contribution in [0.25, 0.3) is 11.0 Å². The van der Waals surface area contributed by atoms with E-state index in [4.69, 9.17) is 4.74 Å². The Morgan fingerprint density at radius 2 is 2.29 bits per heavy atom. The first-order valence-electron chi connectivity index (χ1n) is 7.49. The fraction of sp³-hybridized carbons (Fsp3) is 0.533. The van der Waals surface area contributed by atoms with Crippen molar-refractivity contribution in [1.82, 2.24) is 20.3 Å². The number of hydrogen-bond donors (Lipinski definition) is 1. The average molecular weight is 288 g/mol. The molecule has 0 bridgehead atoms. The van der Waals surface area contributed by atoms with E-state index >= 15 is 0 Å². The molecule has 3 rings (SSSR count). The Morgan fingerprint density at radius 1 is 1.43 bits per heavy atom. The Bertz CT molecular complexity index is 625. The van der Waals surface area contributed by atoms with Gasteiger partial charge in [0.15, 0.2) is 0 Å². The lowest BCUT2D eigenvalue weighted by Gasteiger charge is -2.32. The zero-order valence-corrected chi connectivity index (χ0v) is 12.2. The third-order valence-corrected chi connectivity index (χ3v) is 3.79. The number of amides is 1. The minimum absolute atomic E-state index is 0.0460. The van der Waals surface area contributed by atoms with E-state index < -0.39 is 0 Å². The van der Waals surface area contributed by atoms with E-state index in [0.29, 0.717) is 12.1 Å². The van der Waals surface area contributed by atoms with Crippen molar-refractivity contribution in [2.24, 2.45) is 0 Å². The number of benzene rings is 1. The summed E-state index contributed by atoms with van der Waals surface area (Å²) in [4.78, 5) is 14.5. The maximum absolute atomic E-state index is 12.6. The first-order valence-corrected chi connectivity index (χ1v) is 7.49. The molecule has 1 N–H and O–H groups in total. The number of fused-ring (bicyclic) bond motifs is 1. The van der Waals surface area contributed by atoms with Crippen molar-refractivity contribution >= 4 is 16.9 Å². The lowest BCUT2D eigenvalue weighted by atomic mass is 10.1. The van der Waals surface area contributed by atoms with E-state index in [0.717, 1.165) is 43.4 Å². The number of piperidine rings is 1. The monoisotopic (exact) mass is 288 g/mol. The number of hydrogen-bond acceptors (Lipinski definition) is 4. The molecule has 0 radical (unpaired) electrons. The van der Waals surface area contributed by atoms with Gasteiger partial charge in [0.25, 0.3) is 5.91 Å². The summed E-state index contributed by atoms with van der Waals surface area (Å²) in [5.41, 5.74) is 2.15. The molecule has 6 nitrogen and oxygen atoms in total. The normalized spacial score (nSPS) is 19.1. The second-order valence-corrected chi connectivity index (χ2v) is 5.41. The maximum Gasteiger partial charge on any atom is 0.254 e. The number of aromatic nitrogens is 3. The van der Waals surface area contributed by atoms with Crippen molar-refractivity contribution in [3.63, 3.8) is 0 Å². The fourth-order valence-corrected chi connectivity index (χ4v) is 2.70. The van der Waals surface area contributed by atoms with Crippen molar-refractivity contribution in [2.45, 2.75) is 32.3 Å². The molecule has 2 heterocycles. The molecule has 1 fully saturated rings. The van der Waals surface area contributed by atoms with Crippen molar-refractivity contribution in [1.29, 1.82) is 0 Å². The number of carbonyl (C=O) groups excluding carboxylic acids is 1. The van der Waals surface area contributed by atoms with E-state index in [-0.39, 0.29) is 12.0 Å². The zero-order valence-electron chi connectivity index (χ0n) is 12.2. The highest BCUT2D eigenvalue weighted by atomic mass is 16.5. The van der Waals surface area contributed by atoms with Gasteiger partial charge in [-0.3, -0.25) is 4.79 Å². The third-order valence-electron chi connectivity index (χ3n) is 3.79. The van der Waals surface area contributed by atoms with Gasteiger partial charge < -0.3 is 9.64 Å². The van der Waals surface area contributed by atoms with E-state index in [1.807, 2.05) is 17.0 Å². The molecule has 1 aliphatic heterocycles. The molecule has 1 unspecified atom stereocenters. The highest BCUT2D eigenvalue weighted by Gasteiger charge is 2.25. The highest BCUT2D eigenvalue weighted by Crippen LogP contribution is 2.18. The fourth-order valence-electron chi connectivity index (χ4n) is 2.70. The summed E-state index contributed by atoms with van der Waals surface area (Å²) in [7, 11) is 0. The number of aromatic amines is 1. The van der Waals surface area contributed by atoms with Gasteiger partial charge in [0.2, 0.25) is 0 Å². The van der Waals surface area contributed by atoms with Crippen LogP contribution in [0.3, 0.4) is 0 Å². The van der Waals surface area contributed by atoms with Crippen LogP contribution in [-0.4, -0.2) is 52.0 Å². The van der Waals surface area contributed by atoms with Crippen LogP contribution in [-0.2, 0) is 4.74 Å². The van der Waals surface area contributed by atoms with E-state index in [9.17, 15) is 4.79 Å². The number of rotatable bonds is 4. The number of ether oxygens (including phenoxy) is 1. The highest BCUT2D eigenvalue weighted by molar-refractivity contribution is 5.97. The molecular formula is C15H20N4O2. The summed E-state index contributed by atoms with van der Waals surface area (Å²) >= 11 is 0. The van der Waals surface area contributed by atoms with Gasteiger partial charge in [-0.2, -0.15) is 15.4 Å². The molecule has 21 heavy (non-hydrogen) atoms. The largest absolute Gasteiger partial charge is 0.376 e. The van der Waals surface area contributed by atoms with E-state index in [1.165, 1.54) is 0 Å². The Morgan fingerprint density at radius 3 is 3.14 bits per heavy atom. The van der Waals surface area contributed by atoms with Gasteiger partial charge in [0.05, 0.1) is 6.10 Å². The third kappa shape index (κ3) is 3.05. The maximum atomic E-state index is 12.6. The quantitative estimate of drug-likeness (QED) is 0.934. The van der Waals surface area contributed by atoms with Crippen molar-refractivity contribution in [3.8, 4) is 0 Å². The standard InChI is InChI=1S/C15H20N4O2/c1-2-8-21-12-4-3-7-19(10-12)15(20)11-5-6-13-14(9-11)17-18-16-13/h5-6,9,12H,2-4,7-8,10H2,1H3,(H,16,17,18). The van der Waals surface area contributed by atoms with Crippen LogP contribution in [0.2, 0.25) is 0 Å². The van der Waals surface area contributed by atoms with Crippen LogP contribution in [0.15, 0.2) is 18.2 Å². The van der Waals surface area contributed by atoms with Gasteiger partial charge in [0, 0.05) is 25.3 Å². The first kappa shape index (κ1) is 14.0. The predicted molar refractivity (Wildman–Crippen MR) is 79.1 cm³/mol. The Kier molecular flexibility index (Phi) is 4.15. The van der Waals surface area contributed by atoms with Gasteiger partial charge in [0.1, 0.15) is 11.0 Å². The number of nitrogens with zero attached hydrogens (tertiary/aromatic N) is 3. The van der Waals surface area contributed by atoms with Crippen LogP contribution < -0.4 is 0 Å². The van der Waals surface area contributed by atoms with E-state index in [2.05, 4.69) is 22.3 Å². The smallest absolute Gasteiger partial charge is 0.254 e. The van der Waals surface area contributed by atoms with Crippen LogP contribution in [0.1, 0.15) is 36.5 Å². The molecule has 1 aromatic carbocycles.